The highest BCUT2D eigenvalue weighted by atomic mass is 32.2. The van der Waals surface area contributed by atoms with Crippen LogP contribution in [0.5, 0.6) is 0 Å². The monoisotopic (exact) mass is 437 g/mol. The first-order valence-electron chi connectivity index (χ1n) is 10.7. The maximum absolute atomic E-state index is 13.1. The molecule has 3 atom stereocenters. The summed E-state index contributed by atoms with van der Waals surface area (Å²) in [4.78, 5) is 39.9. The predicted octanol–water partition coefficient (Wildman–Crippen LogP) is 2.14. The lowest BCUT2D eigenvalue weighted by atomic mass is 10.0. The summed E-state index contributed by atoms with van der Waals surface area (Å²) in [6.07, 6.45) is 2.28. The SMILES string of the molecule is O=C(CCc1ccccc1)N[C@@H](Cc1ccccc1)C(=O)N[C@@H]1C(=O)N2CCCS[C@H]12. The Morgan fingerprint density at radius 2 is 1.71 bits per heavy atom. The number of carbonyl (C=O) groups excluding carboxylic acids is 3. The van der Waals surface area contributed by atoms with Crippen molar-refractivity contribution in [3.05, 3.63) is 71.8 Å². The lowest BCUT2D eigenvalue weighted by Gasteiger charge is -2.49. The molecule has 0 spiro atoms. The second-order valence-electron chi connectivity index (χ2n) is 7.93. The predicted molar refractivity (Wildman–Crippen MR) is 121 cm³/mol. The minimum Gasteiger partial charge on any atom is -0.344 e. The molecule has 7 heteroatoms. The first-order chi connectivity index (χ1) is 15.1. The van der Waals surface area contributed by atoms with Gasteiger partial charge in [0, 0.05) is 19.4 Å². The first-order valence-corrected chi connectivity index (χ1v) is 11.8. The largest absolute Gasteiger partial charge is 0.344 e. The Bertz CT molecular complexity index is 922. The Morgan fingerprint density at radius 1 is 1.03 bits per heavy atom. The number of thioether (sulfide) groups is 1. The van der Waals surface area contributed by atoms with Crippen molar-refractivity contribution < 1.29 is 14.4 Å². The molecule has 2 aliphatic rings. The average Bonchev–Trinajstić information content (AvgIpc) is 2.81. The Labute approximate surface area is 186 Å². The van der Waals surface area contributed by atoms with E-state index in [4.69, 9.17) is 0 Å². The van der Waals surface area contributed by atoms with Gasteiger partial charge in [-0.3, -0.25) is 14.4 Å². The minimum atomic E-state index is -0.721. The van der Waals surface area contributed by atoms with Gasteiger partial charge in [0.05, 0.1) is 0 Å². The van der Waals surface area contributed by atoms with Crippen LogP contribution >= 0.6 is 11.8 Å². The van der Waals surface area contributed by atoms with Gasteiger partial charge in [-0.2, -0.15) is 0 Å². The number of hydrogen-bond donors (Lipinski definition) is 2. The molecule has 0 saturated carbocycles. The molecule has 2 N–H and O–H groups in total. The summed E-state index contributed by atoms with van der Waals surface area (Å²) in [5.74, 6) is 0.485. The zero-order valence-corrected chi connectivity index (χ0v) is 18.1. The molecule has 0 aliphatic carbocycles. The van der Waals surface area contributed by atoms with Crippen molar-refractivity contribution in [2.45, 2.75) is 43.1 Å². The molecule has 2 saturated heterocycles. The smallest absolute Gasteiger partial charge is 0.249 e. The molecular weight excluding hydrogens is 410 g/mol. The first kappa shape index (κ1) is 21.4. The normalized spacial score (nSPS) is 20.9. The van der Waals surface area contributed by atoms with Crippen LogP contribution in [0.25, 0.3) is 0 Å². The number of nitrogens with zero attached hydrogens (tertiary/aromatic N) is 1. The van der Waals surface area contributed by atoms with Crippen molar-refractivity contribution in [3.63, 3.8) is 0 Å². The second kappa shape index (κ2) is 10.0. The Balaban J connectivity index is 1.39. The van der Waals surface area contributed by atoms with E-state index >= 15 is 0 Å². The highest BCUT2D eigenvalue weighted by Gasteiger charge is 2.49. The zero-order chi connectivity index (χ0) is 21.6. The van der Waals surface area contributed by atoms with Gasteiger partial charge in [-0.25, -0.2) is 0 Å². The molecule has 0 unspecified atom stereocenters. The lowest BCUT2D eigenvalue weighted by Crippen LogP contribution is -2.71. The van der Waals surface area contributed by atoms with E-state index in [0.29, 0.717) is 19.3 Å². The molecule has 0 aromatic heterocycles. The fraction of sp³-hybridized carbons (Fsp3) is 0.375. The number of β-lactam (4-membered cyclic amide) rings is 1. The molecule has 6 nitrogen and oxygen atoms in total. The summed E-state index contributed by atoms with van der Waals surface area (Å²) < 4.78 is 0. The molecule has 3 amide bonds. The third-order valence-electron chi connectivity index (χ3n) is 5.69. The third-order valence-corrected chi connectivity index (χ3v) is 7.08. The van der Waals surface area contributed by atoms with Crippen LogP contribution in [-0.2, 0) is 27.2 Å². The van der Waals surface area contributed by atoms with Crippen LogP contribution in [0.2, 0.25) is 0 Å². The van der Waals surface area contributed by atoms with Crippen LogP contribution in [-0.4, -0.2) is 52.4 Å². The second-order valence-corrected chi connectivity index (χ2v) is 9.15. The third kappa shape index (κ3) is 5.28. The highest BCUT2D eigenvalue weighted by molar-refractivity contribution is 8.00. The molecule has 162 valence electrons. The van der Waals surface area contributed by atoms with E-state index in [1.165, 1.54) is 0 Å². The molecule has 0 bridgehead atoms. The standard InChI is InChI=1S/C24H27N3O3S/c28-20(13-12-17-8-3-1-4-9-17)25-19(16-18-10-5-2-6-11-18)22(29)26-21-23(30)27-14-7-15-31-24(21)27/h1-6,8-11,19,21,24H,7,12-16H2,(H,25,28)(H,26,29)/t19-,21+,24+/m0/s1. The van der Waals surface area contributed by atoms with Crippen molar-refractivity contribution in [1.82, 2.24) is 15.5 Å². The molecule has 2 heterocycles. The van der Waals surface area contributed by atoms with Crippen molar-refractivity contribution in [2.75, 3.05) is 12.3 Å². The molecule has 2 aliphatic heterocycles. The molecule has 2 aromatic carbocycles. The van der Waals surface area contributed by atoms with Gasteiger partial charge in [0.25, 0.3) is 0 Å². The van der Waals surface area contributed by atoms with E-state index < -0.39 is 12.1 Å². The zero-order valence-electron chi connectivity index (χ0n) is 17.3. The van der Waals surface area contributed by atoms with Crippen molar-refractivity contribution in [3.8, 4) is 0 Å². The van der Waals surface area contributed by atoms with Gasteiger partial charge in [-0.05, 0) is 29.7 Å². The number of fused-ring (bicyclic) bond motifs is 1. The number of nitrogens with one attached hydrogen (secondary N) is 2. The van der Waals surface area contributed by atoms with Gasteiger partial charge in [0.1, 0.15) is 17.5 Å². The van der Waals surface area contributed by atoms with Crippen LogP contribution in [0, 0.1) is 0 Å². The van der Waals surface area contributed by atoms with E-state index in [2.05, 4.69) is 10.6 Å². The Kier molecular flexibility index (Phi) is 6.92. The molecule has 31 heavy (non-hydrogen) atoms. The summed E-state index contributed by atoms with van der Waals surface area (Å²) in [6, 6.07) is 18.2. The number of hydrogen-bond acceptors (Lipinski definition) is 4. The summed E-state index contributed by atoms with van der Waals surface area (Å²) in [6.45, 7) is 0.756. The number of aryl methyl sites for hydroxylation is 1. The van der Waals surface area contributed by atoms with Crippen LogP contribution in [0.4, 0.5) is 0 Å². The van der Waals surface area contributed by atoms with Crippen LogP contribution in [0.3, 0.4) is 0 Å². The summed E-state index contributed by atoms with van der Waals surface area (Å²) in [5, 5.41) is 5.80. The highest BCUT2D eigenvalue weighted by Crippen LogP contribution is 2.34. The molecular formula is C24H27N3O3S. The fourth-order valence-corrected chi connectivity index (χ4v) is 5.30. The summed E-state index contributed by atoms with van der Waals surface area (Å²) in [7, 11) is 0. The quantitative estimate of drug-likeness (QED) is 0.621. The molecule has 2 aromatic rings. The van der Waals surface area contributed by atoms with Gasteiger partial charge >= 0.3 is 0 Å². The number of amides is 3. The van der Waals surface area contributed by atoms with Gasteiger partial charge in [-0.1, -0.05) is 60.7 Å². The maximum Gasteiger partial charge on any atom is 0.249 e. The fourth-order valence-electron chi connectivity index (χ4n) is 4.00. The summed E-state index contributed by atoms with van der Waals surface area (Å²) >= 11 is 1.71. The van der Waals surface area contributed by atoms with Gasteiger partial charge in [0.15, 0.2) is 0 Å². The van der Waals surface area contributed by atoms with Crippen molar-refractivity contribution in [2.24, 2.45) is 0 Å². The molecule has 0 radical (unpaired) electrons. The Hall–Kier alpha value is -2.80. The molecule has 2 fully saturated rings. The maximum atomic E-state index is 13.1. The van der Waals surface area contributed by atoms with E-state index in [1.54, 1.807) is 11.8 Å². The minimum absolute atomic E-state index is 0.0105. The van der Waals surface area contributed by atoms with E-state index in [9.17, 15) is 14.4 Å². The van der Waals surface area contributed by atoms with Crippen molar-refractivity contribution >= 4 is 29.5 Å². The van der Waals surface area contributed by atoms with E-state index in [1.807, 2.05) is 65.6 Å². The van der Waals surface area contributed by atoms with E-state index in [0.717, 1.165) is 29.8 Å². The molecule has 4 rings (SSSR count). The van der Waals surface area contributed by atoms with Crippen LogP contribution < -0.4 is 10.6 Å². The number of rotatable bonds is 8. The van der Waals surface area contributed by atoms with Crippen LogP contribution in [0.15, 0.2) is 60.7 Å². The van der Waals surface area contributed by atoms with Gasteiger partial charge in [0.2, 0.25) is 17.7 Å². The van der Waals surface area contributed by atoms with Gasteiger partial charge in [-0.15, -0.1) is 11.8 Å². The lowest BCUT2D eigenvalue weighted by molar-refractivity contribution is -0.149. The average molecular weight is 438 g/mol. The number of carbonyl (C=O) groups is 3. The number of benzene rings is 2. The van der Waals surface area contributed by atoms with Crippen molar-refractivity contribution in [1.29, 1.82) is 0 Å². The Morgan fingerprint density at radius 3 is 2.42 bits per heavy atom. The van der Waals surface area contributed by atoms with Crippen LogP contribution in [0.1, 0.15) is 24.0 Å². The van der Waals surface area contributed by atoms with Gasteiger partial charge < -0.3 is 15.5 Å². The van der Waals surface area contributed by atoms with E-state index in [-0.39, 0.29) is 23.1 Å². The summed E-state index contributed by atoms with van der Waals surface area (Å²) in [5.41, 5.74) is 2.04. The topological polar surface area (TPSA) is 78.5 Å².